The first kappa shape index (κ1) is 23.7. The Bertz CT molecular complexity index is 774. The van der Waals surface area contributed by atoms with Gasteiger partial charge in [0.15, 0.2) is 11.5 Å². The highest BCUT2D eigenvalue weighted by Gasteiger charge is 2.13. The summed E-state index contributed by atoms with van der Waals surface area (Å²) in [5.41, 5.74) is 1.66. The van der Waals surface area contributed by atoms with Gasteiger partial charge < -0.3 is 19.5 Å². The van der Waals surface area contributed by atoms with Crippen molar-refractivity contribution in [3.8, 4) is 11.5 Å². The van der Waals surface area contributed by atoms with E-state index < -0.39 is 5.82 Å². The second-order valence-electron chi connectivity index (χ2n) is 6.63. The Balaban J connectivity index is 1.88. The fourth-order valence-electron chi connectivity index (χ4n) is 2.68. The van der Waals surface area contributed by atoms with E-state index in [9.17, 15) is 4.39 Å². The van der Waals surface area contributed by atoms with E-state index in [0.717, 1.165) is 44.6 Å². The highest BCUT2D eigenvalue weighted by molar-refractivity contribution is 6.32. The van der Waals surface area contributed by atoms with Gasteiger partial charge in [0.25, 0.3) is 0 Å². The summed E-state index contributed by atoms with van der Waals surface area (Å²) in [5, 5.41) is 4.12. The first-order valence-corrected chi connectivity index (χ1v) is 10.5. The fraction of sp³-hybridized carbons (Fsp3) is 0.455. The van der Waals surface area contributed by atoms with Gasteiger partial charge in [-0.1, -0.05) is 42.6 Å². The number of methoxy groups -OCH3 is 1. The average molecular weight is 444 g/mol. The highest BCUT2D eigenvalue weighted by Crippen LogP contribution is 2.37. The van der Waals surface area contributed by atoms with Crippen LogP contribution in [0.5, 0.6) is 11.5 Å². The van der Waals surface area contributed by atoms with Crippen molar-refractivity contribution in [3.63, 3.8) is 0 Å². The molecule has 0 atom stereocenters. The van der Waals surface area contributed by atoms with Crippen LogP contribution in [0.3, 0.4) is 0 Å². The van der Waals surface area contributed by atoms with Crippen molar-refractivity contribution in [2.24, 2.45) is 0 Å². The van der Waals surface area contributed by atoms with E-state index in [4.69, 9.17) is 37.4 Å². The summed E-state index contributed by atoms with van der Waals surface area (Å²) >= 11 is 12.5. The minimum absolute atomic E-state index is 0.158. The lowest BCUT2D eigenvalue weighted by Gasteiger charge is -2.15. The van der Waals surface area contributed by atoms with Gasteiger partial charge >= 0.3 is 0 Å². The van der Waals surface area contributed by atoms with Crippen molar-refractivity contribution in [2.75, 3.05) is 26.9 Å². The molecule has 0 bridgehead atoms. The number of hydrogen-bond donors (Lipinski definition) is 1. The molecule has 2 rings (SSSR count). The maximum absolute atomic E-state index is 13.2. The van der Waals surface area contributed by atoms with Gasteiger partial charge in [0.05, 0.1) is 17.2 Å². The zero-order chi connectivity index (χ0) is 21.1. The average Bonchev–Trinajstić information content (AvgIpc) is 2.70. The van der Waals surface area contributed by atoms with Crippen molar-refractivity contribution in [3.05, 3.63) is 57.3 Å². The van der Waals surface area contributed by atoms with Crippen LogP contribution in [0, 0.1) is 5.82 Å². The standard InChI is InChI=1S/C22H28Cl2FNO3/c1-3-4-9-28-10-5-8-26-14-16-11-20(24)22(21(12-16)27-2)29-15-17-6-7-18(25)13-19(17)23/h6-7,11-13,26H,3-5,8-10,14-15H2,1-2H3. The van der Waals surface area contributed by atoms with Crippen LogP contribution in [-0.4, -0.2) is 26.9 Å². The molecule has 4 nitrogen and oxygen atoms in total. The molecule has 0 fully saturated rings. The Morgan fingerprint density at radius 1 is 1.03 bits per heavy atom. The third-order valence-corrected chi connectivity index (χ3v) is 4.92. The molecule has 29 heavy (non-hydrogen) atoms. The highest BCUT2D eigenvalue weighted by atomic mass is 35.5. The maximum Gasteiger partial charge on any atom is 0.180 e. The molecule has 0 aliphatic rings. The topological polar surface area (TPSA) is 39.7 Å². The molecule has 0 unspecified atom stereocenters. The molecule has 0 saturated carbocycles. The molecule has 7 heteroatoms. The van der Waals surface area contributed by atoms with Crippen LogP contribution in [0.2, 0.25) is 10.0 Å². The number of halogens is 3. The normalized spacial score (nSPS) is 10.9. The second kappa shape index (κ2) is 12.9. The summed E-state index contributed by atoms with van der Waals surface area (Å²) in [4.78, 5) is 0. The minimum Gasteiger partial charge on any atom is -0.493 e. The molecule has 0 heterocycles. The number of ether oxygens (including phenoxy) is 3. The third-order valence-electron chi connectivity index (χ3n) is 4.29. The van der Waals surface area contributed by atoms with Crippen LogP contribution >= 0.6 is 23.2 Å². The van der Waals surface area contributed by atoms with E-state index in [2.05, 4.69) is 12.2 Å². The summed E-state index contributed by atoms with van der Waals surface area (Å²) in [7, 11) is 1.56. The van der Waals surface area contributed by atoms with Gasteiger partial charge in [-0.15, -0.1) is 0 Å². The Labute approximate surface area is 182 Å². The van der Waals surface area contributed by atoms with Crippen LogP contribution in [-0.2, 0) is 17.9 Å². The number of benzene rings is 2. The van der Waals surface area contributed by atoms with Crippen molar-refractivity contribution < 1.29 is 18.6 Å². The maximum atomic E-state index is 13.2. The zero-order valence-electron chi connectivity index (χ0n) is 16.9. The number of nitrogens with one attached hydrogen (secondary N) is 1. The summed E-state index contributed by atoms with van der Waals surface area (Å²) in [5.74, 6) is 0.580. The van der Waals surface area contributed by atoms with Crippen LogP contribution in [0.25, 0.3) is 0 Å². The molecule has 0 aromatic heterocycles. The fourth-order valence-corrected chi connectivity index (χ4v) is 3.19. The van der Waals surface area contributed by atoms with E-state index in [0.29, 0.717) is 33.7 Å². The molecule has 0 radical (unpaired) electrons. The van der Waals surface area contributed by atoms with Crippen molar-refractivity contribution in [2.45, 2.75) is 39.3 Å². The molecular formula is C22H28Cl2FNO3. The van der Waals surface area contributed by atoms with Crippen LogP contribution in [0.4, 0.5) is 4.39 Å². The molecule has 2 aromatic rings. The predicted molar refractivity (Wildman–Crippen MR) is 116 cm³/mol. The first-order valence-electron chi connectivity index (χ1n) is 9.76. The number of unbranched alkanes of at least 4 members (excludes halogenated alkanes) is 1. The van der Waals surface area contributed by atoms with Gasteiger partial charge in [0.1, 0.15) is 12.4 Å². The molecule has 0 amide bonds. The SMILES string of the molecule is CCCCOCCCNCc1cc(Cl)c(OCc2ccc(F)cc2Cl)c(OC)c1. The van der Waals surface area contributed by atoms with E-state index >= 15 is 0 Å². The van der Waals surface area contributed by atoms with Crippen molar-refractivity contribution in [1.82, 2.24) is 5.32 Å². The molecule has 160 valence electrons. The molecule has 2 aromatic carbocycles. The Morgan fingerprint density at radius 3 is 2.55 bits per heavy atom. The largest absolute Gasteiger partial charge is 0.493 e. The molecule has 1 N–H and O–H groups in total. The van der Waals surface area contributed by atoms with Crippen molar-refractivity contribution in [1.29, 1.82) is 0 Å². The lowest BCUT2D eigenvalue weighted by Crippen LogP contribution is -2.16. The molecule has 0 spiro atoms. The molecule has 0 saturated heterocycles. The van der Waals surface area contributed by atoms with Crippen LogP contribution in [0.1, 0.15) is 37.3 Å². The summed E-state index contributed by atoms with van der Waals surface area (Å²) in [6.45, 7) is 5.41. The second-order valence-corrected chi connectivity index (χ2v) is 7.44. The smallest absolute Gasteiger partial charge is 0.180 e. The number of hydrogen-bond acceptors (Lipinski definition) is 4. The first-order chi connectivity index (χ1) is 14.0. The van der Waals surface area contributed by atoms with Gasteiger partial charge in [-0.25, -0.2) is 4.39 Å². The zero-order valence-corrected chi connectivity index (χ0v) is 18.4. The van der Waals surface area contributed by atoms with Gasteiger partial charge in [-0.2, -0.15) is 0 Å². The van der Waals surface area contributed by atoms with Gasteiger partial charge in [0.2, 0.25) is 0 Å². The molecular weight excluding hydrogens is 416 g/mol. The predicted octanol–water partition coefficient (Wildman–Crippen LogP) is 6.02. The van der Waals surface area contributed by atoms with E-state index in [1.165, 1.54) is 12.1 Å². The summed E-state index contributed by atoms with van der Waals surface area (Å²) in [6, 6.07) is 7.91. The van der Waals surface area contributed by atoms with Crippen LogP contribution in [0.15, 0.2) is 30.3 Å². The van der Waals surface area contributed by atoms with Gasteiger partial charge in [-0.05, 0) is 49.2 Å². The van der Waals surface area contributed by atoms with Crippen molar-refractivity contribution >= 4 is 23.2 Å². The van der Waals surface area contributed by atoms with Crippen LogP contribution < -0.4 is 14.8 Å². The third kappa shape index (κ3) is 8.01. The minimum atomic E-state index is -0.390. The Kier molecular flexibility index (Phi) is 10.6. The Morgan fingerprint density at radius 2 is 1.83 bits per heavy atom. The van der Waals surface area contributed by atoms with E-state index in [1.807, 2.05) is 12.1 Å². The summed E-state index contributed by atoms with van der Waals surface area (Å²) < 4.78 is 30.0. The molecule has 0 aliphatic carbocycles. The van der Waals surface area contributed by atoms with E-state index in [1.54, 1.807) is 13.2 Å². The lowest BCUT2D eigenvalue weighted by molar-refractivity contribution is 0.129. The summed E-state index contributed by atoms with van der Waals surface area (Å²) in [6.07, 6.45) is 3.21. The van der Waals surface area contributed by atoms with E-state index in [-0.39, 0.29) is 6.61 Å². The quantitative estimate of drug-likeness (QED) is 0.384. The monoisotopic (exact) mass is 443 g/mol. The number of rotatable bonds is 13. The lowest BCUT2D eigenvalue weighted by atomic mass is 10.2. The van der Waals surface area contributed by atoms with Gasteiger partial charge in [-0.3, -0.25) is 0 Å². The molecule has 0 aliphatic heterocycles. The van der Waals surface area contributed by atoms with Gasteiger partial charge in [0, 0.05) is 25.3 Å². The Hall–Kier alpha value is -1.53.